The summed E-state index contributed by atoms with van der Waals surface area (Å²) in [6, 6.07) is 2.89. The molecule has 3 aliphatic heterocycles. The Labute approximate surface area is 361 Å². The molecular formula is C44H59F2N5O10S. The molecule has 5 aliphatic rings. The second-order valence-electron chi connectivity index (χ2n) is 18.2. The zero-order valence-corrected chi connectivity index (χ0v) is 37.1. The topological polar surface area (TPSA) is 192 Å². The predicted octanol–water partition coefficient (Wildman–Crippen LogP) is 5.72. The van der Waals surface area contributed by atoms with Crippen molar-refractivity contribution in [1.82, 2.24) is 25.2 Å². The molecular weight excluding hydrogens is 829 g/mol. The van der Waals surface area contributed by atoms with Gasteiger partial charge in [-0.3, -0.25) is 19.1 Å². The van der Waals surface area contributed by atoms with E-state index in [0.717, 1.165) is 37.6 Å². The number of methoxy groups -OCH3 is 1. The highest BCUT2D eigenvalue weighted by molar-refractivity contribution is 7.91. The lowest BCUT2D eigenvalue weighted by molar-refractivity contribution is -0.142. The Bertz CT molecular complexity index is 2220. The number of alkyl carbamates (subject to hydrolysis) is 1. The summed E-state index contributed by atoms with van der Waals surface area (Å²) in [7, 11) is -2.51. The van der Waals surface area contributed by atoms with Crippen LogP contribution in [0.3, 0.4) is 0 Å². The molecule has 2 aromatic rings. The number of halogens is 2. The number of alkyl halides is 2. The van der Waals surface area contributed by atoms with Crippen molar-refractivity contribution in [2.75, 3.05) is 20.3 Å². The van der Waals surface area contributed by atoms with Crippen LogP contribution in [-0.4, -0.2) is 103 Å². The van der Waals surface area contributed by atoms with E-state index >= 15 is 4.79 Å². The molecule has 1 aromatic carbocycles. The Hall–Kier alpha value is -4.74. The highest BCUT2D eigenvalue weighted by Crippen LogP contribution is 2.49. The molecule has 18 heteroatoms. The van der Waals surface area contributed by atoms with Crippen LogP contribution >= 0.6 is 0 Å². The number of benzene rings is 1. The zero-order valence-electron chi connectivity index (χ0n) is 36.3. The average molecular weight is 888 g/mol. The number of ether oxygens (including phenoxy) is 4. The lowest BCUT2D eigenvalue weighted by Crippen LogP contribution is -2.60. The lowest BCUT2D eigenvalue weighted by atomic mass is 9.85. The van der Waals surface area contributed by atoms with E-state index in [2.05, 4.69) is 15.4 Å². The number of sulfonamides is 1. The number of rotatable bonds is 11. The maximum atomic E-state index is 15.1. The van der Waals surface area contributed by atoms with Crippen LogP contribution in [0.15, 0.2) is 30.4 Å². The summed E-state index contributed by atoms with van der Waals surface area (Å²) >= 11 is 0. The number of aryl methyl sites for hydroxylation is 1. The molecule has 1 saturated heterocycles. The fraction of sp³-hybridized carbons (Fsp3) is 0.659. The standard InChI is InChI=1S/C44H59F2N5O10S/c1-7-26-20-25(3)12-9-10-13-27-23-44(27,40(54)50-62(56,57)43(8-2)17-18-43)49-35(52)33-22-29(24-51(33)38(53)34(26)47-41(55)61-42(4,5)39(45)46)60-37-31-16-15-28(58-6)21-32(31)30-14-11-19-59-36(30)48-37/h10,13,15-16,21,25-27,29,33-34,39H,7-9,11-12,14,17-20,22-24H2,1-6H3,(H,47,55)(H,49,52)(H,50,54)/b13-10-/t25-,26+,27+,29+,33-,34-,44+/m0/s1. The number of nitrogens with zero attached hydrogens (tertiary/aromatic N) is 2. The molecule has 7 atom stereocenters. The molecule has 0 unspecified atom stereocenters. The van der Waals surface area contributed by atoms with Crippen LogP contribution in [0, 0.1) is 17.8 Å². The zero-order chi connectivity index (χ0) is 44.8. The first-order valence-electron chi connectivity index (χ1n) is 21.8. The Morgan fingerprint density at radius 1 is 1.15 bits per heavy atom. The summed E-state index contributed by atoms with van der Waals surface area (Å²) in [4.78, 5) is 63.4. The Morgan fingerprint density at radius 2 is 1.90 bits per heavy atom. The Balaban J connectivity index is 1.26. The van der Waals surface area contributed by atoms with Crippen molar-refractivity contribution in [3.05, 3.63) is 35.9 Å². The van der Waals surface area contributed by atoms with Gasteiger partial charge < -0.3 is 34.5 Å². The number of pyridine rings is 1. The van der Waals surface area contributed by atoms with E-state index in [-0.39, 0.29) is 31.2 Å². The van der Waals surface area contributed by atoms with Crippen molar-refractivity contribution >= 4 is 44.6 Å². The number of hydrogen-bond acceptors (Lipinski definition) is 11. The van der Waals surface area contributed by atoms with Gasteiger partial charge >= 0.3 is 6.09 Å². The molecule has 3 fully saturated rings. The number of nitrogens with one attached hydrogen (secondary N) is 3. The maximum absolute atomic E-state index is 15.1. The van der Waals surface area contributed by atoms with Gasteiger partial charge in [0.1, 0.15) is 29.5 Å². The highest BCUT2D eigenvalue weighted by Gasteiger charge is 2.63. The molecule has 4 amide bonds. The second-order valence-corrected chi connectivity index (χ2v) is 20.3. The third-order valence-electron chi connectivity index (χ3n) is 13.5. The molecule has 2 aliphatic carbocycles. The number of aromatic nitrogens is 1. The molecule has 4 heterocycles. The first kappa shape index (κ1) is 45.3. The molecule has 2 saturated carbocycles. The summed E-state index contributed by atoms with van der Waals surface area (Å²) in [5.74, 6) is -2.02. The normalized spacial score (nSPS) is 29.1. The Kier molecular flexibility index (Phi) is 12.7. The van der Waals surface area contributed by atoms with Gasteiger partial charge in [0.05, 0.1) is 25.0 Å². The average Bonchev–Trinajstić information content (AvgIpc) is 4.14. The van der Waals surface area contributed by atoms with Crippen LogP contribution in [-0.2, 0) is 35.6 Å². The van der Waals surface area contributed by atoms with E-state index in [9.17, 15) is 31.6 Å². The summed E-state index contributed by atoms with van der Waals surface area (Å²) in [6.45, 7) is 8.06. The van der Waals surface area contributed by atoms with Crippen LogP contribution in [0.2, 0.25) is 0 Å². The van der Waals surface area contributed by atoms with Gasteiger partial charge in [-0.25, -0.2) is 22.0 Å². The monoisotopic (exact) mass is 887 g/mol. The number of allylic oxidation sites excluding steroid dienone is 1. The quantitative estimate of drug-likeness (QED) is 0.234. The molecule has 0 spiro atoms. The van der Waals surface area contributed by atoms with Gasteiger partial charge in [0.15, 0.2) is 5.60 Å². The minimum atomic E-state index is -4.08. The number of carbonyl (C=O) groups is 4. The van der Waals surface area contributed by atoms with Gasteiger partial charge in [0, 0.05) is 23.3 Å². The van der Waals surface area contributed by atoms with Gasteiger partial charge in [-0.2, -0.15) is 4.98 Å². The molecule has 0 bridgehead atoms. The third kappa shape index (κ3) is 8.89. The first-order chi connectivity index (χ1) is 29.4. The van der Waals surface area contributed by atoms with Crippen molar-refractivity contribution in [2.45, 2.75) is 146 Å². The SMILES string of the molecule is CC[C@@H]1C[C@@H](C)CC/C=C\[C@@H]2C[C@@]2(C(=O)NS(=O)(=O)C2(CC)CC2)NC(=O)[C@@H]2C[C@@H](Oc3nc4c(c5cc(OC)ccc35)CCCO4)CN2C(=O)[C@H]1NC(=O)OC(C)(C)C(F)F. The van der Waals surface area contributed by atoms with Crippen LogP contribution in [0.4, 0.5) is 13.6 Å². The number of fused-ring (bicyclic) bond motifs is 5. The fourth-order valence-corrected chi connectivity index (χ4v) is 10.9. The van der Waals surface area contributed by atoms with Crippen molar-refractivity contribution in [2.24, 2.45) is 17.8 Å². The van der Waals surface area contributed by atoms with E-state index < -0.39 is 86.2 Å². The lowest BCUT2D eigenvalue weighted by Gasteiger charge is -2.34. The van der Waals surface area contributed by atoms with Crippen molar-refractivity contribution in [3.8, 4) is 17.5 Å². The molecule has 7 rings (SSSR count). The van der Waals surface area contributed by atoms with E-state index in [1.165, 1.54) is 4.90 Å². The van der Waals surface area contributed by atoms with Gasteiger partial charge in [-0.1, -0.05) is 39.3 Å². The van der Waals surface area contributed by atoms with Crippen molar-refractivity contribution in [1.29, 1.82) is 0 Å². The van der Waals surface area contributed by atoms with Gasteiger partial charge in [-0.05, 0) is 107 Å². The fourth-order valence-electron chi connectivity index (χ4n) is 9.20. The van der Waals surface area contributed by atoms with Gasteiger partial charge in [-0.15, -0.1) is 0 Å². The molecule has 62 heavy (non-hydrogen) atoms. The van der Waals surface area contributed by atoms with Crippen molar-refractivity contribution in [3.63, 3.8) is 0 Å². The Morgan fingerprint density at radius 3 is 2.58 bits per heavy atom. The first-order valence-corrected chi connectivity index (χ1v) is 23.3. The van der Waals surface area contributed by atoms with E-state index in [1.54, 1.807) is 20.1 Å². The maximum Gasteiger partial charge on any atom is 0.408 e. The summed E-state index contributed by atoms with van der Waals surface area (Å²) in [5, 5.41) is 6.95. The van der Waals surface area contributed by atoms with E-state index in [0.29, 0.717) is 68.6 Å². The van der Waals surface area contributed by atoms with E-state index in [1.807, 2.05) is 38.1 Å². The minimum Gasteiger partial charge on any atom is -0.497 e. The summed E-state index contributed by atoms with van der Waals surface area (Å²) in [6.07, 6.45) is 3.53. The van der Waals surface area contributed by atoms with Gasteiger partial charge in [0.2, 0.25) is 33.6 Å². The van der Waals surface area contributed by atoms with Gasteiger partial charge in [0.25, 0.3) is 12.3 Å². The largest absolute Gasteiger partial charge is 0.497 e. The smallest absolute Gasteiger partial charge is 0.408 e. The molecule has 340 valence electrons. The highest BCUT2D eigenvalue weighted by atomic mass is 32.2. The van der Waals surface area contributed by atoms with Crippen LogP contribution in [0.25, 0.3) is 10.8 Å². The number of hydrogen-bond donors (Lipinski definition) is 3. The molecule has 0 radical (unpaired) electrons. The van der Waals surface area contributed by atoms with Crippen LogP contribution in [0.5, 0.6) is 17.5 Å². The summed E-state index contributed by atoms with van der Waals surface area (Å²) < 4.78 is 79.2. The van der Waals surface area contributed by atoms with Crippen LogP contribution in [0.1, 0.15) is 104 Å². The second kappa shape index (κ2) is 17.4. The third-order valence-corrected chi connectivity index (χ3v) is 15.8. The minimum absolute atomic E-state index is 0.0240. The van der Waals surface area contributed by atoms with Crippen LogP contribution < -0.4 is 29.6 Å². The van der Waals surface area contributed by atoms with E-state index in [4.69, 9.17) is 23.9 Å². The number of carbonyl (C=O) groups excluding carboxylic acids is 4. The molecule has 1 aromatic heterocycles. The molecule has 3 N–H and O–H groups in total. The number of amides is 4. The predicted molar refractivity (Wildman–Crippen MR) is 224 cm³/mol. The molecule has 15 nitrogen and oxygen atoms in total. The van der Waals surface area contributed by atoms with Crippen molar-refractivity contribution < 1.29 is 55.3 Å². The summed E-state index contributed by atoms with van der Waals surface area (Å²) in [5.41, 5.74) is -2.89.